The van der Waals surface area contributed by atoms with Gasteiger partial charge < -0.3 is 9.84 Å². The molecule has 11 heavy (non-hydrogen) atoms. The van der Waals surface area contributed by atoms with Gasteiger partial charge in [-0.3, -0.25) is 0 Å². The topological polar surface area (TPSA) is 49.8 Å². The molecule has 1 aliphatic rings. The Balaban J connectivity index is 0. The van der Waals surface area contributed by atoms with Gasteiger partial charge in [0.15, 0.2) is 0 Å². The predicted octanol–water partition coefficient (Wildman–Crippen LogP) is 1.47. The van der Waals surface area contributed by atoms with Crippen molar-refractivity contribution < 1.29 is 14.6 Å². The summed E-state index contributed by atoms with van der Waals surface area (Å²) in [6, 6.07) is 0. The van der Waals surface area contributed by atoms with Crippen LogP contribution in [-0.4, -0.2) is 24.3 Å². The molecule has 1 heterocycles. The second kappa shape index (κ2) is 11.7. The molecule has 0 spiro atoms. The van der Waals surface area contributed by atoms with Crippen LogP contribution in [0, 0.1) is 0 Å². The first-order valence-electron chi connectivity index (χ1n) is 3.19. The van der Waals surface area contributed by atoms with Crippen molar-refractivity contribution in [3.63, 3.8) is 0 Å². The first kappa shape index (κ1) is 12.6. The van der Waals surface area contributed by atoms with Crippen LogP contribution in [-0.2, 0) is 9.53 Å². The molecule has 0 saturated carbocycles. The molecule has 3 heteroatoms. The zero-order valence-corrected chi connectivity index (χ0v) is 6.75. The molecule has 1 rings (SSSR count). The van der Waals surface area contributed by atoms with Crippen LogP contribution in [0.5, 0.6) is 0 Å². The molecular weight excluding hydrogens is 144 g/mol. The Kier molecular flexibility index (Phi) is 13.3. The largest absolute Gasteiger partial charge is 0.478 e. The molecular formula is C8H14O3. The van der Waals surface area contributed by atoms with Gasteiger partial charge in [0.1, 0.15) is 0 Å². The second-order valence-electron chi connectivity index (χ2n) is 1.56. The lowest BCUT2D eigenvalue weighted by Crippen LogP contribution is -1.82. The Morgan fingerprint density at radius 2 is 1.73 bits per heavy atom. The van der Waals surface area contributed by atoms with Gasteiger partial charge in [-0.2, -0.15) is 0 Å². The van der Waals surface area contributed by atoms with Gasteiger partial charge in [0, 0.05) is 6.08 Å². The van der Waals surface area contributed by atoms with Crippen LogP contribution in [0.15, 0.2) is 25.3 Å². The van der Waals surface area contributed by atoms with E-state index in [4.69, 9.17) is 5.11 Å². The Labute approximate surface area is 67.0 Å². The van der Waals surface area contributed by atoms with Gasteiger partial charge in [-0.15, -0.1) is 6.58 Å². The highest BCUT2D eigenvalue weighted by Crippen LogP contribution is 1.84. The van der Waals surface area contributed by atoms with Gasteiger partial charge in [-0.25, -0.2) is 4.79 Å². The van der Waals surface area contributed by atoms with Crippen molar-refractivity contribution in [3.05, 3.63) is 25.3 Å². The third-order valence-corrected chi connectivity index (χ3v) is 0.379. The van der Waals surface area contributed by atoms with E-state index >= 15 is 0 Å². The van der Waals surface area contributed by atoms with Gasteiger partial charge in [-0.1, -0.05) is 12.7 Å². The minimum atomic E-state index is -0.981. The fraction of sp³-hybridized carbons (Fsp3) is 0.375. The van der Waals surface area contributed by atoms with E-state index < -0.39 is 5.97 Å². The minimum Gasteiger partial charge on any atom is -0.478 e. The summed E-state index contributed by atoms with van der Waals surface area (Å²) in [6.07, 6.45) is 2.58. The molecule has 0 aromatic heterocycles. The van der Waals surface area contributed by atoms with E-state index in [1.54, 1.807) is 6.08 Å². The predicted molar refractivity (Wildman–Crippen MR) is 44.5 cm³/mol. The molecule has 0 bridgehead atoms. The summed E-state index contributed by atoms with van der Waals surface area (Å²) in [7, 11) is 0. The number of carboxylic acids is 1. The fourth-order valence-corrected chi connectivity index (χ4v) is 0. The molecule has 0 aromatic rings. The maximum absolute atomic E-state index is 9.25. The molecule has 0 atom stereocenters. The molecule has 1 saturated heterocycles. The fourth-order valence-electron chi connectivity index (χ4n) is 0. The molecule has 0 amide bonds. The van der Waals surface area contributed by atoms with E-state index in [0.29, 0.717) is 0 Å². The normalized spacial score (nSPS) is 10.6. The van der Waals surface area contributed by atoms with Gasteiger partial charge >= 0.3 is 5.97 Å². The third-order valence-electron chi connectivity index (χ3n) is 0.379. The van der Waals surface area contributed by atoms with E-state index in [1.807, 2.05) is 6.92 Å². The van der Waals surface area contributed by atoms with Crippen molar-refractivity contribution in [2.45, 2.75) is 6.92 Å². The highest BCUT2D eigenvalue weighted by molar-refractivity contribution is 5.78. The Morgan fingerprint density at radius 3 is 1.73 bits per heavy atom. The van der Waals surface area contributed by atoms with E-state index in [9.17, 15) is 4.79 Å². The highest BCUT2D eigenvalue weighted by Gasteiger charge is 1.94. The van der Waals surface area contributed by atoms with Crippen molar-refractivity contribution in [2.75, 3.05) is 13.2 Å². The number of ether oxygens (including phenoxy) is 1. The zero-order valence-electron chi connectivity index (χ0n) is 6.75. The minimum absolute atomic E-state index is 0.833. The van der Waals surface area contributed by atoms with Crippen LogP contribution >= 0.6 is 0 Å². The van der Waals surface area contributed by atoms with E-state index in [0.717, 1.165) is 19.3 Å². The summed E-state index contributed by atoms with van der Waals surface area (Å²) in [4.78, 5) is 9.25. The lowest BCUT2D eigenvalue weighted by molar-refractivity contribution is -0.131. The molecule has 64 valence electrons. The van der Waals surface area contributed by atoms with Crippen molar-refractivity contribution in [1.82, 2.24) is 0 Å². The van der Waals surface area contributed by atoms with Crippen molar-refractivity contribution in [2.24, 2.45) is 0 Å². The van der Waals surface area contributed by atoms with Crippen LogP contribution in [0.25, 0.3) is 0 Å². The third kappa shape index (κ3) is 117. The van der Waals surface area contributed by atoms with Crippen LogP contribution in [0.4, 0.5) is 0 Å². The SMILES string of the molecule is C1CO1.C=CC.C=CC(=O)O. The molecule has 1 N–H and O–H groups in total. The Bertz CT molecular complexity index is 114. The average Bonchev–Trinajstić information content (AvgIpc) is 2.73. The van der Waals surface area contributed by atoms with Gasteiger partial charge in [-0.05, 0) is 6.92 Å². The first-order valence-corrected chi connectivity index (χ1v) is 3.19. The van der Waals surface area contributed by atoms with Crippen molar-refractivity contribution >= 4 is 5.97 Å². The molecule has 1 fully saturated rings. The number of aliphatic carboxylic acids is 1. The van der Waals surface area contributed by atoms with Crippen LogP contribution in [0.1, 0.15) is 6.92 Å². The van der Waals surface area contributed by atoms with Gasteiger partial charge in [0.25, 0.3) is 0 Å². The van der Waals surface area contributed by atoms with E-state index in [2.05, 4.69) is 17.9 Å². The lowest BCUT2D eigenvalue weighted by atomic mass is 10.7. The number of carbonyl (C=O) groups is 1. The number of hydrogen-bond acceptors (Lipinski definition) is 2. The molecule has 0 radical (unpaired) electrons. The number of rotatable bonds is 1. The number of epoxide rings is 1. The molecule has 0 unspecified atom stereocenters. The summed E-state index contributed by atoms with van der Waals surface area (Å²) >= 11 is 0. The highest BCUT2D eigenvalue weighted by atomic mass is 16.6. The van der Waals surface area contributed by atoms with Crippen LogP contribution < -0.4 is 0 Å². The van der Waals surface area contributed by atoms with Crippen LogP contribution in [0.2, 0.25) is 0 Å². The Hall–Kier alpha value is -1.09. The second-order valence-corrected chi connectivity index (χ2v) is 1.56. The van der Waals surface area contributed by atoms with Crippen molar-refractivity contribution in [1.29, 1.82) is 0 Å². The maximum atomic E-state index is 9.25. The standard InChI is InChI=1S/C3H4O2.C3H6.C2H4O/c1-2-3(4)5;1-3-2;1-2-3-1/h2H,1H2,(H,4,5);3H,1H2,2H3;1-2H2. The van der Waals surface area contributed by atoms with Crippen LogP contribution in [0.3, 0.4) is 0 Å². The van der Waals surface area contributed by atoms with Gasteiger partial charge in [0.05, 0.1) is 13.2 Å². The average molecular weight is 158 g/mol. The summed E-state index contributed by atoms with van der Waals surface area (Å²) in [5.41, 5.74) is 0. The molecule has 0 aliphatic carbocycles. The van der Waals surface area contributed by atoms with Gasteiger partial charge in [0.2, 0.25) is 0 Å². The molecule has 3 nitrogen and oxygen atoms in total. The smallest absolute Gasteiger partial charge is 0.327 e. The van der Waals surface area contributed by atoms with E-state index in [1.165, 1.54) is 0 Å². The van der Waals surface area contributed by atoms with E-state index in [-0.39, 0.29) is 0 Å². The zero-order chi connectivity index (χ0) is 9.11. The summed E-state index contributed by atoms with van der Waals surface area (Å²) in [6.45, 7) is 10.2. The monoisotopic (exact) mass is 158 g/mol. The van der Waals surface area contributed by atoms with Crippen molar-refractivity contribution in [3.8, 4) is 0 Å². The summed E-state index contributed by atoms with van der Waals surface area (Å²) < 4.78 is 4.50. The number of allylic oxidation sites excluding steroid dienone is 1. The Morgan fingerprint density at radius 1 is 1.55 bits per heavy atom. The number of carboxylic acid groups (broad SMARTS) is 1. The molecule has 1 aliphatic heterocycles. The molecule has 0 aromatic carbocycles. The number of hydrogen-bond donors (Lipinski definition) is 1. The quantitative estimate of drug-likeness (QED) is 0.357. The summed E-state index contributed by atoms with van der Waals surface area (Å²) in [5, 5.41) is 7.60. The maximum Gasteiger partial charge on any atom is 0.327 e. The summed E-state index contributed by atoms with van der Waals surface area (Å²) in [5.74, 6) is -0.981. The lowest BCUT2D eigenvalue weighted by Gasteiger charge is -1.64. The first-order chi connectivity index (χ1) is 5.18.